The minimum atomic E-state index is -0.138. The molecule has 1 unspecified atom stereocenters. The Hall–Kier alpha value is -0.820. The Balaban J connectivity index is 2.52. The topological polar surface area (TPSA) is 20.2 Å². The minimum Gasteiger partial charge on any atom is -0.392 e. The first-order valence-corrected chi connectivity index (χ1v) is 4.44. The van der Waals surface area contributed by atoms with Crippen LogP contribution in [0.4, 0.5) is 0 Å². The number of fused-ring (bicyclic) bond motifs is 1. The summed E-state index contributed by atoms with van der Waals surface area (Å²) >= 11 is 0. The molecule has 1 N–H and O–H groups in total. The molecular weight excluding hydrogens is 148 g/mol. The first kappa shape index (κ1) is 7.81. The van der Waals surface area contributed by atoms with Gasteiger partial charge in [-0.05, 0) is 43.4 Å². The number of hydrogen-bond donors (Lipinski definition) is 1. The van der Waals surface area contributed by atoms with E-state index in [1.807, 2.05) is 0 Å². The van der Waals surface area contributed by atoms with Crippen LogP contribution >= 0.6 is 0 Å². The summed E-state index contributed by atoms with van der Waals surface area (Å²) in [6.45, 7) is 4.24. The summed E-state index contributed by atoms with van der Waals surface area (Å²) in [5.41, 5.74) is 5.36. The Morgan fingerprint density at radius 1 is 1.25 bits per heavy atom. The first-order valence-electron chi connectivity index (χ1n) is 4.44. The molecule has 0 saturated carbocycles. The fourth-order valence-corrected chi connectivity index (χ4v) is 2.12. The molecule has 1 aromatic carbocycles. The molecule has 1 atom stereocenters. The van der Waals surface area contributed by atoms with Gasteiger partial charge >= 0.3 is 0 Å². The van der Waals surface area contributed by atoms with Gasteiger partial charge in [0, 0.05) is 0 Å². The zero-order valence-electron chi connectivity index (χ0n) is 7.59. The predicted molar refractivity (Wildman–Crippen MR) is 49.3 cm³/mol. The molecule has 0 radical (unpaired) electrons. The van der Waals surface area contributed by atoms with Crippen LogP contribution in [0.2, 0.25) is 0 Å². The van der Waals surface area contributed by atoms with Gasteiger partial charge in [0.05, 0.1) is 6.10 Å². The van der Waals surface area contributed by atoms with Crippen molar-refractivity contribution in [1.82, 2.24) is 0 Å². The van der Waals surface area contributed by atoms with Crippen LogP contribution in [-0.2, 0) is 12.8 Å². The van der Waals surface area contributed by atoms with Crippen LogP contribution in [0.25, 0.3) is 0 Å². The number of aliphatic hydroxyl groups excluding tert-OH is 1. The van der Waals surface area contributed by atoms with E-state index in [0.29, 0.717) is 0 Å². The van der Waals surface area contributed by atoms with E-state index in [2.05, 4.69) is 26.0 Å². The second-order valence-electron chi connectivity index (χ2n) is 3.78. The van der Waals surface area contributed by atoms with E-state index in [1.54, 1.807) is 0 Å². The molecule has 0 spiro atoms. The second kappa shape index (κ2) is 2.60. The Morgan fingerprint density at radius 3 is 2.75 bits per heavy atom. The van der Waals surface area contributed by atoms with Gasteiger partial charge in [0.25, 0.3) is 0 Å². The smallest absolute Gasteiger partial charge is 0.0621 e. The lowest BCUT2D eigenvalue weighted by atomic mass is 10.0. The summed E-state index contributed by atoms with van der Waals surface area (Å²) in [6, 6.07) is 4.38. The molecule has 0 heterocycles. The van der Waals surface area contributed by atoms with Gasteiger partial charge in [0.1, 0.15) is 0 Å². The van der Waals surface area contributed by atoms with E-state index in [1.165, 1.54) is 22.3 Å². The van der Waals surface area contributed by atoms with Crippen LogP contribution in [0.3, 0.4) is 0 Å². The van der Waals surface area contributed by atoms with Gasteiger partial charge in [-0.15, -0.1) is 0 Å². The van der Waals surface area contributed by atoms with Crippen LogP contribution in [0.1, 0.15) is 22.3 Å². The number of hydrogen-bond acceptors (Lipinski definition) is 1. The number of benzene rings is 1. The average molecular weight is 162 g/mol. The van der Waals surface area contributed by atoms with Crippen LogP contribution in [0.5, 0.6) is 0 Å². The van der Waals surface area contributed by atoms with Gasteiger partial charge in [-0.25, -0.2) is 0 Å². The van der Waals surface area contributed by atoms with Crippen LogP contribution in [0.15, 0.2) is 12.1 Å². The molecule has 0 amide bonds. The summed E-state index contributed by atoms with van der Waals surface area (Å²) < 4.78 is 0. The molecule has 12 heavy (non-hydrogen) atoms. The third-order valence-electron chi connectivity index (χ3n) is 2.60. The van der Waals surface area contributed by atoms with Crippen molar-refractivity contribution in [2.45, 2.75) is 32.8 Å². The third kappa shape index (κ3) is 1.14. The lowest BCUT2D eigenvalue weighted by molar-refractivity contribution is 0.187. The summed E-state index contributed by atoms with van der Waals surface area (Å²) in [5.74, 6) is 0. The van der Waals surface area contributed by atoms with Gasteiger partial charge in [-0.3, -0.25) is 0 Å². The largest absolute Gasteiger partial charge is 0.392 e. The maximum absolute atomic E-state index is 9.47. The standard InChI is InChI=1S/C11H14O/c1-7-3-8(2)11-6-10(12)5-9(11)4-7/h3-4,10,12H,5-6H2,1-2H3. The zero-order valence-corrected chi connectivity index (χ0v) is 7.59. The predicted octanol–water partition coefficient (Wildman–Crippen LogP) is 1.76. The molecular formula is C11H14O. The monoisotopic (exact) mass is 162 g/mol. The van der Waals surface area contributed by atoms with Gasteiger partial charge in [-0.2, -0.15) is 0 Å². The van der Waals surface area contributed by atoms with Crippen molar-refractivity contribution >= 4 is 0 Å². The van der Waals surface area contributed by atoms with Crippen molar-refractivity contribution < 1.29 is 5.11 Å². The van der Waals surface area contributed by atoms with E-state index < -0.39 is 0 Å². The van der Waals surface area contributed by atoms with E-state index in [4.69, 9.17) is 0 Å². The summed E-state index contributed by atoms with van der Waals surface area (Å²) in [6.07, 6.45) is 1.56. The van der Waals surface area contributed by atoms with E-state index >= 15 is 0 Å². The van der Waals surface area contributed by atoms with E-state index in [9.17, 15) is 5.11 Å². The summed E-state index contributed by atoms with van der Waals surface area (Å²) in [4.78, 5) is 0. The Labute approximate surface area is 73.0 Å². The van der Waals surface area contributed by atoms with Gasteiger partial charge in [0.15, 0.2) is 0 Å². The molecule has 0 fully saturated rings. The molecule has 0 bridgehead atoms. The fourth-order valence-electron chi connectivity index (χ4n) is 2.12. The molecule has 1 heteroatoms. The first-order chi connectivity index (χ1) is 5.66. The lowest BCUT2D eigenvalue weighted by Crippen LogP contribution is -2.03. The molecule has 1 aliphatic rings. The highest BCUT2D eigenvalue weighted by atomic mass is 16.3. The number of aryl methyl sites for hydroxylation is 2. The van der Waals surface area contributed by atoms with Crippen LogP contribution < -0.4 is 0 Å². The second-order valence-corrected chi connectivity index (χ2v) is 3.78. The molecule has 1 aromatic rings. The lowest BCUT2D eigenvalue weighted by Gasteiger charge is -2.04. The normalized spacial score (nSPS) is 21.1. The molecule has 0 saturated heterocycles. The van der Waals surface area contributed by atoms with Gasteiger partial charge in [-0.1, -0.05) is 17.7 Å². The average Bonchev–Trinajstić information content (AvgIpc) is 2.29. The molecule has 64 valence electrons. The van der Waals surface area contributed by atoms with Crippen molar-refractivity contribution in [3.05, 3.63) is 34.4 Å². The zero-order chi connectivity index (χ0) is 8.72. The maximum Gasteiger partial charge on any atom is 0.0621 e. The molecule has 1 nitrogen and oxygen atoms in total. The van der Waals surface area contributed by atoms with E-state index in [0.717, 1.165) is 12.8 Å². The SMILES string of the molecule is Cc1cc(C)c2c(c1)CC(O)C2. The van der Waals surface area contributed by atoms with Gasteiger partial charge in [0.2, 0.25) is 0 Å². The summed E-state index contributed by atoms with van der Waals surface area (Å²) in [7, 11) is 0. The highest BCUT2D eigenvalue weighted by Crippen LogP contribution is 2.26. The van der Waals surface area contributed by atoms with Crippen molar-refractivity contribution in [1.29, 1.82) is 0 Å². The highest BCUT2D eigenvalue weighted by Gasteiger charge is 2.20. The Bertz CT molecular complexity index is 315. The third-order valence-corrected chi connectivity index (χ3v) is 2.60. The Kier molecular flexibility index (Phi) is 1.69. The van der Waals surface area contributed by atoms with Gasteiger partial charge < -0.3 is 5.11 Å². The fraction of sp³-hybridized carbons (Fsp3) is 0.455. The van der Waals surface area contributed by atoms with Crippen LogP contribution in [0, 0.1) is 13.8 Å². The van der Waals surface area contributed by atoms with Crippen molar-refractivity contribution in [2.75, 3.05) is 0 Å². The summed E-state index contributed by atoms with van der Waals surface area (Å²) in [5, 5.41) is 9.47. The molecule has 1 aliphatic carbocycles. The molecule has 0 aromatic heterocycles. The van der Waals surface area contributed by atoms with E-state index in [-0.39, 0.29) is 6.10 Å². The van der Waals surface area contributed by atoms with Crippen molar-refractivity contribution in [2.24, 2.45) is 0 Å². The quantitative estimate of drug-likeness (QED) is 0.616. The Morgan fingerprint density at radius 2 is 2.00 bits per heavy atom. The van der Waals surface area contributed by atoms with Crippen LogP contribution in [-0.4, -0.2) is 11.2 Å². The molecule has 2 rings (SSSR count). The van der Waals surface area contributed by atoms with Crippen molar-refractivity contribution in [3.63, 3.8) is 0 Å². The number of aliphatic hydroxyl groups is 1. The maximum atomic E-state index is 9.47. The highest BCUT2D eigenvalue weighted by molar-refractivity contribution is 5.41. The minimum absolute atomic E-state index is 0.138. The van der Waals surface area contributed by atoms with Crippen molar-refractivity contribution in [3.8, 4) is 0 Å². The number of rotatable bonds is 0. The molecule has 0 aliphatic heterocycles.